The Morgan fingerprint density at radius 1 is 1.35 bits per heavy atom. The van der Waals surface area contributed by atoms with Crippen LogP contribution in [0.5, 0.6) is 0 Å². The Morgan fingerprint density at radius 2 is 2.10 bits per heavy atom. The Morgan fingerprint density at radius 3 is 2.65 bits per heavy atom. The molecule has 4 nitrogen and oxygen atoms in total. The van der Waals surface area contributed by atoms with Gasteiger partial charge in [-0.2, -0.15) is 0 Å². The van der Waals surface area contributed by atoms with Crippen LogP contribution in [0.4, 0.5) is 5.82 Å². The molecular formula is C16H22N4. The average Bonchev–Trinajstić information content (AvgIpc) is 2.75. The van der Waals surface area contributed by atoms with Crippen LogP contribution in [0.25, 0.3) is 11.3 Å². The maximum Gasteiger partial charge on any atom is 0.126 e. The van der Waals surface area contributed by atoms with Crippen molar-refractivity contribution in [1.29, 1.82) is 0 Å². The van der Waals surface area contributed by atoms with Gasteiger partial charge in [0, 0.05) is 29.9 Å². The maximum absolute atomic E-state index is 5.79. The molecule has 0 atom stereocenters. The van der Waals surface area contributed by atoms with E-state index in [1.807, 2.05) is 13.1 Å². The van der Waals surface area contributed by atoms with Crippen molar-refractivity contribution in [2.24, 2.45) is 0 Å². The lowest BCUT2D eigenvalue weighted by Gasteiger charge is -2.29. The summed E-state index contributed by atoms with van der Waals surface area (Å²) >= 11 is 0. The topological polar surface area (TPSA) is 56.7 Å². The Bertz CT molecular complexity index is 623. The van der Waals surface area contributed by atoms with E-state index >= 15 is 0 Å². The highest BCUT2D eigenvalue weighted by molar-refractivity contribution is 5.61. The minimum Gasteiger partial charge on any atom is -0.383 e. The average molecular weight is 270 g/mol. The fraction of sp³-hybridized carbons (Fsp3) is 0.500. The van der Waals surface area contributed by atoms with E-state index in [1.54, 1.807) is 0 Å². The number of hydrogen-bond acceptors (Lipinski definition) is 3. The van der Waals surface area contributed by atoms with E-state index in [2.05, 4.69) is 35.7 Å². The normalized spacial score (nSPS) is 15.6. The van der Waals surface area contributed by atoms with E-state index < -0.39 is 0 Å². The first kappa shape index (κ1) is 13.2. The minimum absolute atomic E-state index is 0.437. The molecule has 1 fully saturated rings. The van der Waals surface area contributed by atoms with Crippen molar-refractivity contribution in [3.63, 3.8) is 0 Å². The number of anilines is 1. The van der Waals surface area contributed by atoms with Gasteiger partial charge in [-0.25, -0.2) is 9.97 Å². The first-order valence-electron chi connectivity index (χ1n) is 7.37. The molecule has 0 aromatic carbocycles. The zero-order valence-electron chi connectivity index (χ0n) is 12.4. The highest BCUT2D eigenvalue weighted by atomic mass is 15.1. The van der Waals surface area contributed by atoms with Gasteiger partial charge < -0.3 is 10.3 Å². The molecule has 106 valence electrons. The number of hydrogen-bond donors (Lipinski definition) is 1. The van der Waals surface area contributed by atoms with Crippen molar-refractivity contribution >= 4 is 5.82 Å². The van der Waals surface area contributed by atoms with Gasteiger partial charge in [0.05, 0.1) is 5.69 Å². The monoisotopic (exact) mass is 270 g/mol. The molecule has 4 heteroatoms. The van der Waals surface area contributed by atoms with E-state index in [4.69, 9.17) is 10.7 Å². The molecule has 0 amide bonds. The molecule has 0 saturated heterocycles. The summed E-state index contributed by atoms with van der Waals surface area (Å²) in [6, 6.07) is 2.70. The number of imidazole rings is 1. The van der Waals surface area contributed by atoms with E-state index in [-0.39, 0.29) is 0 Å². The highest BCUT2D eigenvalue weighted by Gasteiger charge is 2.24. The van der Waals surface area contributed by atoms with Crippen LogP contribution in [-0.2, 0) is 0 Å². The largest absolute Gasteiger partial charge is 0.383 e. The van der Waals surface area contributed by atoms with E-state index in [0.29, 0.717) is 17.8 Å². The molecule has 0 radical (unpaired) electrons. The SMILES string of the molecule is Cc1cc(-c2cn(C3CCC3)c(C(C)C)n2)cnc1N. The first-order valence-corrected chi connectivity index (χ1v) is 7.37. The summed E-state index contributed by atoms with van der Waals surface area (Å²) in [5.74, 6) is 2.21. The summed E-state index contributed by atoms with van der Waals surface area (Å²) in [4.78, 5) is 9.08. The second kappa shape index (κ2) is 4.93. The van der Waals surface area contributed by atoms with Crippen LogP contribution in [0, 0.1) is 6.92 Å². The molecule has 2 heterocycles. The fourth-order valence-corrected chi connectivity index (χ4v) is 2.66. The first-order chi connectivity index (χ1) is 9.56. The van der Waals surface area contributed by atoms with Crippen molar-refractivity contribution in [2.75, 3.05) is 5.73 Å². The number of rotatable bonds is 3. The fourth-order valence-electron chi connectivity index (χ4n) is 2.66. The molecule has 0 aliphatic heterocycles. The van der Waals surface area contributed by atoms with Gasteiger partial charge in [0.2, 0.25) is 0 Å². The van der Waals surface area contributed by atoms with E-state index in [0.717, 1.165) is 16.8 Å². The van der Waals surface area contributed by atoms with Crippen LogP contribution < -0.4 is 5.73 Å². The summed E-state index contributed by atoms with van der Waals surface area (Å²) in [5.41, 5.74) is 8.86. The zero-order valence-corrected chi connectivity index (χ0v) is 12.4. The van der Waals surface area contributed by atoms with Gasteiger partial charge >= 0.3 is 0 Å². The molecule has 20 heavy (non-hydrogen) atoms. The van der Waals surface area contributed by atoms with Crippen LogP contribution in [-0.4, -0.2) is 14.5 Å². The van der Waals surface area contributed by atoms with Crippen LogP contribution in [0.1, 0.15) is 56.5 Å². The van der Waals surface area contributed by atoms with E-state index in [9.17, 15) is 0 Å². The predicted octanol–water partition coefficient (Wildman–Crippen LogP) is 3.68. The second-order valence-corrected chi connectivity index (χ2v) is 6.06. The molecule has 2 aromatic rings. The van der Waals surface area contributed by atoms with Crippen LogP contribution in [0.3, 0.4) is 0 Å². The van der Waals surface area contributed by atoms with Gasteiger partial charge in [0.25, 0.3) is 0 Å². The Hall–Kier alpha value is -1.84. The molecule has 3 rings (SSSR count). The molecule has 0 spiro atoms. The van der Waals surface area contributed by atoms with Gasteiger partial charge in [-0.05, 0) is 37.8 Å². The van der Waals surface area contributed by atoms with E-state index in [1.165, 1.54) is 25.1 Å². The zero-order chi connectivity index (χ0) is 14.3. The summed E-state index contributed by atoms with van der Waals surface area (Å²) in [6.45, 7) is 6.39. The number of pyridine rings is 1. The molecule has 0 unspecified atom stereocenters. The Balaban J connectivity index is 2.03. The number of nitrogens with zero attached hydrogens (tertiary/aromatic N) is 3. The standard InChI is InChI=1S/C16H22N4/c1-10(2)16-19-14(9-20(16)13-5-4-6-13)12-7-11(3)15(17)18-8-12/h7-10,13H,4-6H2,1-3H3,(H2,17,18). The molecule has 2 N–H and O–H groups in total. The summed E-state index contributed by atoms with van der Waals surface area (Å²) in [5, 5.41) is 0. The predicted molar refractivity (Wildman–Crippen MR) is 81.6 cm³/mol. The minimum atomic E-state index is 0.437. The van der Waals surface area contributed by atoms with Crippen molar-refractivity contribution in [1.82, 2.24) is 14.5 Å². The lowest BCUT2D eigenvalue weighted by Crippen LogP contribution is -2.19. The smallest absolute Gasteiger partial charge is 0.126 e. The molecule has 2 aromatic heterocycles. The van der Waals surface area contributed by atoms with Gasteiger partial charge in [-0.15, -0.1) is 0 Å². The third kappa shape index (κ3) is 2.19. The van der Waals surface area contributed by atoms with Crippen molar-refractivity contribution in [3.05, 3.63) is 29.8 Å². The van der Waals surface area contributed by atoms with Gasteiger partial charge in [0.1, 0.15) is 11.6 Å². The third-order valence-electron chi connectivity index (χ3n) is 4.16. The van der Waals surface area contributed by atoms with Crippen LogP contribution in [0.2, 0.25) is 0 Å². The maximum atomic E-state index is 5.79. The summed E-state index contributed by atoms with van der Waals surface area (Å²) in [7, 11) is 0. The lowest BCUT2D eigenvalue weighted by molar-refractivity contribution is 0.303. The third-order valence-corrected chi connectivity index (χ3v) is 4.16. The van der Waals surface area contributed by atoms with Gasteiger partial charge in [-0.1, -0.05) is 13.8 Å². The Kier molecular flexibility index (Phi) is 3.24. The number of aryl methyl sites for hydroxylation is 1. The number of nitrogen functional groups attached to an aromatic ring is 1. The second-order valence-electron chi connectivity index (χ2n) is 6.06. The number of aromatic nitrogens is 3. The highest BCUT2D eigenvalue weighted by Crippen LogP contribution is 2.35. The van der Waals surface area contributed by atoms with Crippen molar-refractivity contribution in [3.8, 4) is 11.3 Å². The van der Waals surface area contributed by atoms with Crippen LogP contribution in [0.15, 0.2) is 18.5 Å². The lowest BCUT2D eigenvalue weighted by atomic mass is 9.92. The molecule has 1 saturated carbocycles. The Labute approximate surface area is 120 Å². The summed E-state index contributed by atoms with van der Waals surface area (Å²) in [6.07, 6.45) is 7.88. The summed E-state index contributed by atoms with van der Waals surface area (Å²) < 4.78 is 2.37. The van der Waals surface area contributed by atoms with Crippen LogP contribution >= 0.6 is 0 Å². The number of nitrogens with two attached hydrogens (primary N) is 1. The quantitative estimate of drug-likeness (QED) is 0.925. The van der Waals surface area contributed by atoms with Crippen molar-refractivity contribution < 1.29 is 0 Å². The molecule has 1 aliphatic rings. The van der Waals surface area contributed by atoms with Gasteiger partial charge in [0.15, 0.2) is 0 Å². The van der Waals surface area contributed by atoms with Gasteiger partial charge in [-0.3, -0.25) is 0 Å². The molecule has 1 aliphatic carbocycles. The molecule has 0 bridgehead atoms. The molecular weight excluding hydrogens is 248 g/mol. The van der Waals surface area contributed by atoms with Crippen molar-refractivity contribution in [2.45, 2.75) is 52.0 Å².